The fourth-order valence-electron chi connectivity index (χ4n) is 2.11. The third-order valence-corrected chi connectivity index (χ3v) is 4.18. The summed E-state index contributed by atoms with van der Waals surface area (Å²) in [4.78, 5) is 6.00. The zero-order chi connectivity index (χ0) is 15.2. The average Bonchev–Trinajstić information content (AvgIpc) is 2.72. The van der Waals surface area contributed by atoms with Crippen molar-refractivity contribution in [2.75, 3.05) is 20.8 Å². The molecule has 0 spiro atoms. The highest BCUT2D eigenvalue weighted by Gasteiger charge is 2.29. The van der Waals surface area contributed by atoms with E-state index in [-0.39, 0.29) is 11.5 Å². The fourth-order valence-corrected chi connectivity index (χ4v) is 3.47. The third kappa shape index (κ3) is 4.81. The first-order valence-electron chi connectivity index (χ1n) is 7.15. The molecule has 1 rings (SSSR count). The Labute approximate surface area is 126 Å². The van der Waals surface area contributed by atoms with Gasteiger partial charge in [-0.3, -0.25) is 0 Å². The second-order valence-electron chi connectivity index (χ2n) is 6.01. The summed E-state index contributed by atoms with van der Waals surface area (Å²) in [7, 11) is 3.46. The Bertz CT molecular complexity index is 399. The van der Waals surface area contributed by atoms with Gasteiger partial charge in [0.2, 0.25) is 0 Å². The quantitative estimate of drug-likeness (QED) is 0.746. The molecule has 0 fully saturated rings. The number of ether oxygens (including phenoxy) is 2. The van der Waals surface area contributed by atoms with Gasteiger partial charge in [-0.2, -0.15) is 0 Å². The topological polar surface area (TPSA) is 43.4 Å². The van der Waals surface area contributed by atoms with Crippen molar-refractivity contribution in [1.29, 1.82) is 0 Å². The lowest BCUT2D eigenvalue weighted by atomic mass is 9.89. The summed E-state index contributed by atoms with van der Waals surface area (Å²) in [6.07, 6.45) is 1.15. The molecule has 1 N–H and O–H groups in total. The van der Waals surface area contributed by atoms with Crippen molar-refractivity contribution in [2.45, 2.75) is 53.4 Å². The Balaban J connectivity index is 2.94. The first-order valence-corrected chi connectivity index (χ1v) is 7.96. The molecule has 0 aromatic carbocycles. The maximum atomic E-state index is 5.66. The lowest BCUT2D eigenvalue weighted by Crippen LogP contribution is -2.20. The molecule has 116 valence electrons. The van der Waals surface area contributed by atoms with Gasteiger partial charge in [-0.15, -0.1) is 11.3 Å². The van der Waals surface area contributed by atoms with E-state index in [1.54, 1.807) is 25.6 Å². The van der Waals surface area contributed by atoms with E-state index in [0.717, 1.165) is 30.2 Å². The molecule has 0 radical (unpaired) electrons. The summed E-state index contributed by atoms with van der Waals surface area (Å²) >= 11 is 1.73. The number of methoxy groups -OCH3 is 2. The second-order valence-corrected chi connectivity index (χ2v) is 7.13. The Morgan fingerprint density at radius 2 is 2.00 bits per heavy atom. The van der Waals surface area contributed by atoms with Gasteiger partial charge in [-0.1, -0.05) is 27.7 Å². The van der Waals surface area contributed by atoms with Crippen LogP contribution in [0.25, 0.3) is 0 Å². The molecule has 1 aromatic rings. The van der Waals surface area contributed by atoms with Crippen LogP contribution < -0.4 is 5.32 Å². The number of aromatic nitrogens is 1. The maximum Gasteiger partial charge on any atom is 0.123 e. The smallest absolute Gasteiger partial charge is 0.123 e. The van der Waals surface area contributed by atoms with Gasteiger partial charge in [0.1, 0.15) is 11.1 Å². The Hall–Kier alpha value is -0.490. The molecule has 0 aliphatic rings. The van der Waals surface area contributed by atoms with Gasteiger partial charge in [0.25, 0.3) is 0 Å². The van der Waals surface area contributed by atoms with E-state index in [1.807, 2.05) is 0 Å². The molecule has 1 heterocycles. The number of nitrogens with zero attached hydrogens (tertiary/aromatic N) is 1. The zero-order valence-corrected chi connectivity index (χ0v) is 14.4. The van der Waals surface area contributed by atoms with Gasteiger partial charge in [-0.25, -0.2) is 4.98 Å². The predicted octanol–water partition coefficient (Wildman–Crippen LogP) is 3.52. The van der Waals surface area contributed by atoms with Crippen LogP contribution in [0.2, 0.25) is 0 Å². The lowest BCUT2D eigenvalue weighted by molar-refractivity contribution is 0.0148. The van der Waals surface area contributed by atoms with Gasteiger partial charge in [0.05, 0.1) is 12.3 Å². The summed E-state index contributed by atoms with van der Waals surface area (Å²) in [6.45, 7) is 11.1. The van der Waals surface area contributed by atoms with Crippen LogP contribution in [0, 0.1) is 5.41 Å². The van der Waals surface area contributed by atoms with E-state index in [1.165, 1.54) is 4.88 Å². The molecule has 0 aliphatic carbocycles. The van der Waals surface area contributed by atoms with E-state index in [2.05, 4.69) is 33.0 Å². The predicted molar refractivity (Wildman–Crippen MR) is 84.0 cm³/mol. The van der Waals surface area contributed by atoms with Crippen molar-refractivity contribution in [3.8, 4) is 0 Å². The van der Waals surface area contributed by atoms with Crippen LogP contribution in [-0.2, 0) is 22.6 Å². The molecular formula is C15H28N2O2S. The Kier molecular flexibility index (Phi) is 7.09. The number of hydrogen-bond donors (Lipinski definition) is 1. The molecule has 20 heavy (non-hydrogen) atoms. The molecule has 0 saturated carbocycles. The van der Waals surface area contributed by atoms with E-state index in [9.17, 15) is 0 Å². The minimum Gasteiger partial charge on any atom is -0.378 e. The van der Waals surface area contributed by atoms with E-state index >= 15 is 0 Å². The van der Waals surface area contributed by atoms with Crippen LogP contribution in [0.1, 0.15) is 55.8 Å². The third-order valence-electron chi connectivity index (χ3n) is 3.03. The van der Waals surface area contributed by atoms with Crippen LogP contribution in [0.5, 0.6) is 0 Å². The fraction of sp³-hybridized carbons (Fsp3) is 0.800. The largest absolute Gasteiger partial charge is 0.378 e. The zero-order valence-electron chi connectivity index (χ0n) is 13.6. The van der Waals surface area contributed by atoms with Crippen LogP contribution in [0.3, 0.4) is 0 Å². The molecule has 0 aliphatic heterocycles. The summed E-state index contributed by atoms with van der Waals surface area (Å²) < 4.78 is 10.9. The number of hydrogen-bond acceptors (Lipinski definition) is 5. The van der Waals surface area contributed by atoms with Crippen molar-refractivity contribution in [1.82, 2.24) is 10.3 Å². The lowest BCUT2D eigenvalue weighted by Gasteiger charge is -2.27. The average molecular weight is 300 g/mol. The van der Waals surface area contributed by atoms with E-state index in [4.69, 9.17) is 14.5 Å². The van der Waals surface area contributed by atoms with E-state index in [0.29, 0.717) is 6.61 Å². The molecular weight excluding hydrogens is 272 g/mol. The SMILES string of the molecule is CCCNCc1sc(C(OC)C(C)(C)C)nc1COC. The number of rotatable bonds is 8. The first-order chi connectivity index (χ1) is 9.43. The van der Waals surface area contributed by atoms with Gasteiger partial charge in [-0.05, 0) is 18.4 Å². The van der Waals surface area contributed by atoms with E-state index < -0.39 is 0 Å². The summed E-state index contributed by atoms with van der Waals surface area (Å²) in [6, 6.07) is 0. The summed E-state index contributed by atoms with van der Waals surface area (Å²) in [5.41, 5.74) is 1.06. The van der Waals surface area contributed by atoms with Gasteiger partial charge < -0.3 is 14.8 Å². The number of thiazole rings is 1. The molecule has 0 amide bonds. The molecule has 1 aromatic heterocycles. The summed E-state index contributed by atoms with van der Waals surface area (Å²) in [5, 5.41) is 4.48. The minimum atomic E-state index is 0.0167. The molecule has 0 saturated heterocycles. The highest BCUT2D eigenvalue weighted by Crippen LogP contribution is 2.38. The van der Waals surface area contributed by atoms with Crippen molar-refractivity contribution in [3.05, 3.63) is 15.6 Å². The summed E-state index contributed by atoms with van der Waals surface area (Å²) in [5.74, 6) is 0. The molecule has 1 unspecified atom stereocenters. The highest BCUT2D eigenvalue weighted by atomic mass is 32.1. The van der Waals surface area contributed by atoms with Gasteiger partial charge >= 0.3 is 0 Å². The van der Waals surface area contributed by atoms with Gasteiger partial charge in [0, 0.05) is 25.6 Å². The molecule has 0 bridgehead atoms. The molecule has 4 nitrogen and oxygen atoms in total. The Morgan fingerprint density at radius 3 is 2.50 bits per heavy atom. The van der Waals surface area contributed by atoms with Crippen LogP contribution in [-0.4, -0.2) is 25.7 Å². The highest BCUT2D eigenvalue weighted by molar-refractivity contribution is 7.11. The molecule has 5 heteroatoms. The standard InChI is InChI=1S/C15H28N2O2S/c1-7-8-16-9-12-11(10-18-5)17-14(20-12)13(19-6)15(2,3)4/h13,16H,7-10H2,1-6H3. The first kappa shape index (κ1) is 17.6. The van der Waals surface area contributed by atoms with Crippen LogP contribution in [0.15, 0.2) is 0 Å². The number of nitrogens with one attached hydrogen (secondary N) is 1. The van der Waals surface area contributed by atoms with Crippen molar-refractivity contribution >= 4 is 11.3 Å². The van der Waals surface area contributed by atoms with Crippen LogP contribution >= 0.6 is 11.3 Å². The maximum absolute atomic E-state index is 5.66. The van der Waals surface area contributed by atoms with Crippen molar-refractivity contribution < 1.29 is 9.47 Å². The normalized spacial score (nSPS) is 13.7. The van der Waals surface area contributed by atoms with Crippen molar-refractivity contribution in [3.63, 3.8) is 0 Å². The van der Waals surface area contributed by atoms with Crippen molar-refractivity contribution in [2.24, 2.45) is 5.41 Å². The monoisotopic (exact) mass is 300 g/mol. The Morgan fingerprint density at radius 1 is 1.30 bits per heavy atom. The van der Waals surface area contributed by atoms with Crippen LogP contribution in [0.4, 0.5) is 0 Å². The van der Waals surface area contributed by atoms with Gasteiger partial charge in [0.15, 0.2) is 0 Å². The second kappa shape index (κ2) is 8.08. The minimum absolute atomic E-state index is 0.0167. The molecule has 1 atom stereocenters.